The molecule has 15 heteroatoms. The summed E-state index contributed by atoms with van der Waals surface area (Å²) in [4.78, 5) is 20.1. The van der Waals surface area contributed by atoms with E-state index in [1.54, 1.807) is 36.4 Å². The molecule has 0 spiro atoms. The second-order valence-corrected chi connectivity index (χ2v) is 10.1. The molecule has 0 aliphatic rings. The second kappa shape index (κ2) is 11.5. The predicted octanol–water partition coefficient (Wildman–Crippen LogP) is 4.80. The smallest absolute Gasteiger partial charge is 0.478 e. The monoisotopic (exact) mass is 593 g/mol. The summed E-state index contributed by atoms with van der Waals surface area (Å²) >= 11 is 0. The number of rotatable bonds is 6. The molecular weight excluding hydrogens is 574 g/mol. The standard InChI is InChI=1S/C24H18FN3O5S.C2HF3O2/c25-16-4-7-18(8-5-16)34(31,32)20-10-9-19(24(29)30)22(21(20)26)33-17-6-3-13-11-15(23(27)28)2-1-14(13)12-17;3-2(4,5)1(6)7/h1-12H,26H2,(H3,27,28)(H,29,30);(H,6,7). The number of carbonyl (C=O) groups is 2. The van der Waals surface area contributed by atoms with E-state index in [9.17, 15) is 35.9 Å². The largest absolute Gasteiger partial charge is 0.490 e. The lowest BCUT2D eigenvalue weighted by atomic mass is 10.1. The van der Waals surface area contributed by atoms with Crippen molar-refractivity contribution in [3.8, 4) is 11.5 Å². The Hall–Kier alpha value is -5.18. The summed E-state index contributed by atoms with van der Waals surface area (Å²) in [6.07, 6.45) is -5.08. The Morgan fingerprint density at radius 2 is 1.44 bits per heavy atom. The minimum atomic E-state index is -5.08. The van der Waals surface area contributed by atoms with Gasteiger partial charge >= 0.3 is 18.1 Å². The Morgan fingerprint density at radius 1 is 0.878 bits per heavy atom. The zero-order valence-electron chi connectivity index (χ0n) is 20.4. The van der Waals surface area contributed by atoms with Crippen LogP contribution in [-0.2, 0) is 14.6 Å². The fraction of sp³-hybridized carbons (Fsp3) is 0.0385. The summed E-state index contributed by atoms with van der Waals surface area (Å²) in [7, 11) is -4.19. The van der Waals surface area contributed by atoms with Crippen LogP contribution in [0.3, 0.4) is 0 Å². The SMILES string of the molecule is N=C(N)c1ccc2cc(Oc3c(C(=O)O)ccc(S(=O)(=O)c4ccc(F)cc4)c3N)ccc2c1.O=C(O)C(F)(F)F. The third-order valence-electron chi connectivity index (χ3n) is 5.39. The molecule has 10 nitrogen and oxygen atoms in total. The Morgan fingerprint density at radius 3 is 1.98 bits per heavy atom. The second-order valence-electron chi connectivity index (χ2n) is 8.16. The number of ether oxygens (including phenoxy) is 1. The van der Waals surface area contributed by atoms with Gasteiger partial charge in [-0.25, -0.2) is 22.4 Å². The van der Waals surface area contributed by atoms with Crippen LogP contribution in [0.2, 0.25) is 0 Å². The van der Waals surface area contributed by atoms with E-state index < -0.39 is 39.5 Å². The number of aromatic carboxylic acids is 1. The molecule has 4 aromatic rings. The highest BCUT2D eigenvalue weighted by Crippen LogP contribution is 2.39. The maximum absolute atomic E-state index is 13.3. The van der Waals surface area contributed by atoms with Gasteiger partial charge in [0, 0.05) is 5.56 Å². The van der Waals surface area contributed by atoms with Crippen molar-refractivity contribution in [1.29, 1.82) is 5.41 Å². The molecule has 4 aromatic carbocycles. The molecule has 0 amide bonds. The molecular formula is C26H19F4N3O7S. The molecule has 0 saturated heterocycles. The van der Waals surface area contributed by atoms with Gasteiger partial charge in [0.1, 0.15) is 23.0 Å². The Labute approximate surface area is 228 Å². The van der Waals surface area contributed by atoms with Crippen LogP contribution in [0.15, 0.2) is 82.6 Å². The molecule has 0 heterocycles. The first kappa shape index (κ1) is 30.4. The molecule has 0 aromatic heterocycles. The van der Waals surface area contributed by atoms with Gasteiger partial charge in [-0.2, -0.15) is 13.2 Å². The maximum atomic E-state index is 13.3. The van der Waals surface area contributed by atoms with Gasteiger partial charge in [0.2, 0.25) is 9.84 Å². The van der Waals surface area contributed by atoms with Crippen molar-refractivity contribution in [2.45, 2.75) is 16.0 Å². The van der Waals surface area contributed by atoms with E-state index in [-0.39, 0.29) is 32.7 Å². The molecule has 41 heavy (non-hydrogen) atoms. The number of amidine groups is 1. The van der Waals surface area contributed by atoms with E-state index in [1.807, 2.05) is 0 Å². The third kappa shape index (κ3) is 6.88. The highest BCUT2D eigenvalue weighted by atomic mass is 32.2. The van der Waals surface area contributed by atoms with Crippen LogP contribution in [0.5, 0.6) is 11.5 Å². The maximum Gasteiger partial charge on any atom is 0.490 e. The number of anilines is 1. The number of sulfone groups is 1. The molecule has 0 fully saturated rings. The lowest BCUT2D eigenvalue weighted by Crippen LogP contribution is -2.21. The number of alkyl halides is 3. The number of benzene rings is 4. The van der Waals surface area contributed by atoms with Crippen LogP contribution in [0.4, 0.5) is 23.2 Å². The zero-order valence-corrected chi connectivity index (χ0v) is 21.3. The molecule has 0 saturated carbocycles. The van der Waals surface area contributed by atoms with Crippen molar-refractivity contribution in [2.75, 3.05) is 5.73 Å². The van der Waals surface area contributed by atoms with E-state index in [2.05, 4.69) is 0 Å². The quantitative estimate of drug-likeness (QED) is 0.0686. The Balaban J connectivity index is 0.000000587. The zero-order chi connectivity index (χ0) is 30.7. The summed E-state index contributed by atoms with van der Waals surface area (Å²) in [5.74, 6) is -4.93. The highest BCUT2D eigenvalue weighted by Gasteiger charge is 2.38. The number of nitrogens with one attached hydrogen (secondary N) is 1. The number of nitrogen functional groups attached to an aromatic ring is 2. The summed E-state index contributed by atoms with van der Waals surface area (Å²) in [6, 6.07) is 16.3. The van der Waals surface area contributed by atoms with Gasteiger partial charge in [0.15, 0.2) is 5.75 Å². The molecule has 0 unspecified atom stereocenters. The predicted molar refractivity (Wildman–Crippen MR) is 138 cm³/mol. The van der Waals surface area contributed by atoms with Crippen molar-refractivity contribution in [3.05, 3.63) is 89.7 Å². The molecule has 0 bridgehead atoms. The summed E-state index contributed by atoms with van der Waals surface area (Å²) in [5.41, 5.74) is 11.4. The molecule has 0 radical (unpaired) electrons. The summed E-state index contributed by atoms with van der Waals surface area (Å²) in [6.45, 7) is 0. The van der Waals surface area contributed by atoms with Gasteiger partial charge in [-0.05, 0) is 65.4 Å². The van der Waals surface area contributed by atoms with E-state index in [0.717, 1.165) is 41.8 Å². The molecule has 214 valence electrons. The van der Waals surface area contributed by atoms with Crippen LogP contribution in [-0.4, -0.2) is 42.6 Å². The summed E-state index contributed by atoms with van der Waals surface area (Å²) in [5, 5.41) is 25.8. The topological polar surface area (TPSA) is 194 Å². The molecule has 4 rings (SSSR count). The average molecular weight is 594 g/mol. The molecule has 7 N–H and O–H groups in total. The number of carboxylic acids is 2. The van der Waals surface area contributed by atoms with Crippen LogP contribution >= 0.6 is 0 Å². The average Bonchev–Trinajstić information content (AvgIpc) is 2.89. The molecule has 0 atom stereocenters. The lowest BCUT2D eigenvalue weighted by Gasteiger charge is -2.16. The summed E-state index contributed by atoms with van der Waals surface area (Å²) < 4.78 is 76.9. The van der Waals surface area contributed by atoms with Crippen molar-refractivity contribution in [1.82, 2.24) is 0 Å². The van der Waals surface area contributed by atoms with Crippen molar-refractivity contribution in [3.63, 3.8) is 0 Å². The van der Waals surface area contributed by atoms with Crippen LogP contribution in [0.1, 0.15) is 15.9 Å². The molecule has 0 aliphatic carbocycles. The normalized spacial score (nSPS) is 11.3. The first-order valence-electron chi connectivity index (χ1n) is 11.0. The number of aliphatic carboxylic acids is 1. The minimum Gasteiger partial charge on any atom is -0.478 e. The number of halogens is 4. The Bertz CT molecular complexity index is 1770. The van der Waals surface area contributed by atoms with Crippen LogP contribution in [0.25, 0.3) is 10.8 Å². The van der Waals surface area contributed by atoms with Crippen molar-refractivity contribution in [2.24, 2.45) is 5.73 Å². The van der Waals surface area contributed by atoms with Crippen molar-refractivity contribution >= 4 is 44.1 Å². The van der Waals surface area contributed by atoms with Gasteiger partial charge in [-0.1, -0.05) is 18.2 Å². The van der Waals surface area contributed by atoms with Gasteiger partial charge in [0.25, 0.3) is 0 Å². The van der Waals surface area contributed by atoms with E-state index in [0.29, 0.717) is 10.9 Å². The fourth-order valence-corrected chi connectivity index (χ4v) is 4.79. The number of fused-ring (bicyclic) bond motifs is 1. The number of nitrogens with two attached hydrogens (primary N) is 2. The van der Waals surface area contributed by atoms with E-state index in [1.165, 1.54) is 0 Å². The lowest BCUT2D eigenvalue weighted by molar-refractivity contribution is -0.192. The van der Waals surface area contributed by atoms with E-state index >= 15 is 0 Å². The van der Waals surface area contributed by atoms with E-state index in [4.69, 9.17) is 31.5 Å². The fourth-order valence-electron chi connectivity index (χ4n) is 3.41. The van der Waals surface area contributed by atoms with Gasteiger partial charge in [-0.15, -0.1) is 0 Å². The number of hydrogen-bond acceptors (Lipinski definition) is 7. The first-order valence-corrected chi connectivity index (χ1v) is 12.5. The molecule has 0 aliphatic heterocycles. The number of carboxylic acid groups (broad SMARTS) is 2. The van der Waals surface area contributed by atoms with Gasteiger partial charge < -0.3 is 26.4 Å². The highest BCUT2D eigenvalue weighted by molar-refractivity contribution is 7.91. The Kier molecular flexibility index (Phi) is 8.52. The van der Waals surface area contributed by atoms with Gasteiger partial charge in [0.05, 0.1) is 15.5 Å². The minimum absolute atomic E-state index is 0.0831. The van der Waals surface area contributed by atoms with Gasteiger partial charge in [-0.3, -0.25) is 5.41 Å². The third-order valence-corrected chi connectivity index (χ3v) is 7.21. The number of hydrogen-bond donors (Lipinski definition) is 5. The first-order chi connectivity index (χ1) is 19.0. The van der Waals surface area contributed by atoms with Crippen LogP contribution in [0, 0.1) is 11.2 Å². The van der Waals surface area contributed by atoms with Crippen LogP contribution < -0.4 is 16.2 Å². The van der Waals surface area contributed by atoms with Crippen molar-refractivity contribution < 1.29 is 50.5 Å².